The lowest BCUT2D eigenvalue weighted by Gasteiger charge is -2.29. The van der Waals surface area contributed by atoms with Gasteiger partial charge in [-0.25, -0.2) is 0 Å². The van der Waals surface area contributed by atoms with E-state index in [0.717, 1.165) is 42.6 Å². The number of aryl methyl sites for hydroxylation is 3. The predicted octanol–water partition coefficient (Wildman–Crippen LogP) is 1.01. The summed E-state index contributed by atoms with van der Waals surface area (Å²) in [7, 11) is 0. The van der Waals surface area contributed by atoms with Crippen LogP contribution in [-0.2, 0) is 14.3 Å². The van der Waals surface area contributed by atoms with Gasteiger partial charge in [-0.15, -0.1) is 0 Å². The highest BCUT2D eigenvalue weighted by Gasteiger charge is 2.62. The Morgan fingerprint density at radius 1 is 1.30 bits per heavy atom. The summed E-state index contributed by atoms with van der Waals surface area (Å²) >= 11 is 0. The van der Waals surface area contributed by atoms with Gasteiger partial charge in [0.05, 0.1) is 18.2 Å². The first kappa shape index (κ1) is 22.2. The number of nitrogens with zero attached hydrogens (tertiary/aromatic N) is 1. The van der Waals surface area contributed by atoms with E-state index in [2.05, 4.69) is 23.2 Å². The molecular formula is C22H31N3O5. The Hall–Kier alpha value is -2.45. The standard InChI is InChI=1S/C21H29N3O3.CH2O2/c1-12-6-14(3)15(7-13(12)2)20(26)23-8-16-17-9-24(10-19(22)25)11-21(17)5-4-18(16)27-21;2-1-3/h6-7,16-18H,4-5,8-11H2,1-3H3,(H2,22,25)(H,23,26);1H,(H,2,3)/t16-,17+,18+,21+;/m0./s1. The second kappa shape index (κ2) is 8.73. The van der Waals surface area contributed by atoms with Crippen molar-refractivity contribution in [3.05, 3.63) is 34.4 Å². The number of amides is 2. The maximum atomic E-state index is 12.8. The number of likely N-dealkylation sites (tertiary alicyclic amines) is 1. The summed E-state index contributed by atoms with van der Waals surface area (Å²) in [6.45, 7) is 8.33. The van der Waals surface area contributed by atoms with Crippen molar-refractivity contribution in [3.8, 4) is 0 Å². The fourth-order valence-corrected chi connectivity index (χ4v) is 5.41. The normalized spacial score (nSPS) is 29.1. The number of ether oxygens (including phenoxy) is 1. The summed E-state index contributed by atoms with van der Waals surface area (Å²) < 4.78 is 6.36. The van der Waals surface area contributed by atoms with E-state index in [1.54, 1.807) is 0 Å². The van der Waals surface area contributed by atoms with E-state index in [9.17, 15) is 9.59 Å². The van der Waals surface area contributed by atoms with Crippen LogP contribution in [0.25, 0.3) is 0 Å². The highest BCUT2D eigenvalue weighted by Crippen LogP contribution is 2.54. The molecule has 3 heterocycles. The molecule has 0 aromatic heterocycles. The molecule has 2 amide bonds. The molecule has 0 saturated carbocycles. The molecule has 2 bridgehead atoms. The number of benzene rings is 1. The lowest BCUT2D eigenvalue weighted by atomic mass is 9.73. The molecule has 0 radical (unpaired) electrons. The molecule has 0 aliphatic carbocycles. The summed E-state index contributed by atoms with van der Waals surface area (Å²) in [5.41, 5.74) is 9.31. The SMILES string of the molecule is Cc1cc(C)c(C(=O)NC[C@H]2[C@H]3CN(CC(N)=O)C[C@]34CC[C@H]2O4)cc1C.O=CO. The summed E-state index contributed by atoms with van der Waals surface area (Å²) in [5, 5.41) is 10.0. The van der Waals surface area contributed by atoms with Crippen molar-refractivity contribution in [2.24, 2.45) is 17.6 Å². The average Bonchev–Trinajstić information content (AvgIpc) is 3.30. The minimum absolute atomic E-state index is 0.0144. The minimum atomic E-state index is -0.295. The fourth-order valence-electron chi connectivity index (χ4n) is 5.41. The van der Waals surface area contributed by atoms with Gasteiger partial charge in [0.2, 0.25) is 5.91 Å². The zero-order valence-corrected chi connectivity index (χ0v) is 17.8. The Bertz CT molecular complexity index is 842. The number of hydrogen-bond donors (Lipinski definition) is 3. The molecule has 1 aromatic carbocycles. The Morgan fingerprint density at radius 3 is 2.63 bits per heavy atom. The van der Waals surface area contributed by atoms with E-state index in [1.165, 1.54) is 5.56 Å². The summed E-state index contributed by atoms with van der Waals surface area (Å²) in [6.07, 6.45) is 2.29. The number of rotatable bonds is 5. The van der Waals surface area contributed by atoms with Gasteiger partial charge in [0, 0.05) is 37.0 Å². The van der Waals surface area contributed by atoms with Crippen LogP contribution in [0, 0.1) is 32.6 Å². The first-order valence-corrected chi connectivity index (χ1v) is 10.3. The monoisotopic (exact) mass is 417 g/mol. The molecule has 1 aromatic rings. The molecule has 3 aliphatic heterocycles. The van der Waals surface area contributed by atoms with Crippen LogP contribution in [0.15, 0.2) is 12.1 Å². The number of fused-ring (bicyclic) bond motifs is 1. The van der Waals surface area contributed by atoms with E-state index in [-0.39, 0.29) is 36.5 Å². The van der Waals surface area contributed by atoms with E-state index in [0.29, 0.717) is 18.4 Å². The molecular weight excluding hydrogens is 386 g/mol. The van der Waals surface area contributed by atoms with Crippen LogP contribution in [0.5, 0.6) is 0 Å². The molecule has 8 heteroatoms. The molecule has 30 heavy (non-hydrogen) atoms. The molecule has 3 saturated heterocycles. The quantitative estimate of drug-likeness (QED) is 0.615. The molecule has 3 fully saturated rings. The van der Waals surface area contributed by atoms with Gasteiger partial charge in [0.15, 0.2) is 0 Å². The number of nitrogens with two attached hydrogens (primary N) is 1. The Morgan fingerprint density at radius 2 is 1.97 bits per heavy atom. The van der Waals surface area contributed by atoms with Crippen LogP contribution in [-0.4, -0.2) is 66.2 Å². The van der Waals surface area contributed by atoms with Crippen molar-refractivity contribution in [2.45, 2.75) is 45.3 Å². The van der Waals surface area contributed by atoms with Gasteiger partial charge in [-0.2, -0.15) is 0 Å². The summed E-state index contributed by atoms with van der Waals surface area (Å²) in [6, 6.07) is 4.04. The van der Waals surface area contributed by atoms with Crippen molar-refractivity contribution in [1.29, 1.82) is 0 Å². The van der Waals surface area contributed by atoms with Crippen LogP contribution in [0.3, 0.4) is 0 Å². The second-order valence-corrected chi connectivity index (χ2v) is 8.73. The maximum absolute atomic E-state index is 12.8. The van der Waals surface area contributed by atoms with Gasteiger partial charge in [-0.05, 0) is 56.4 Å². The van der Waals surface area contributed by atoms with Crippen LogP contribution in [0.4, 0.5) is 0 Å². The maximum Gasteiger partial charge on any atom is 0.290 e. The third-order valence-corrected chi connectivity index (χ3v) is 6.82. The largest absolute Gasteiger partial charge is 0.483 e. The van der Waals surface area contributed by atoms with Gasteiger partial charge in [-0.3, -0.25) is 19.3 Å². The molecule has 4 atom stereocenters. The number of carbonyl (C=O) groups is 3. The van der Waals surface area contributed by atoms with E-state index in [1.807, 2.05) is 19.9 Å². The summed E-state index contributed by atoms with van der Waals surface area (Å²) in [5.74, 6) is 0.347. The molecule has 4 rings (SSSR count). The van der Waals surface area contributed by atoms with Crippen molar-refractivity contribution >= 4 is 18.3 Å². The van der Waals surface area contributed by atoms with Crippen molar-refractivity contribution < 1.29 is 24.2 Å². The first-order valence-electron chi connectivity index (χ1n) is 10.3. The van der Waals surface area contributed by atoms with Crippen LogP contribution < -0.4 is 11.1 Å². The first-order chi connectivity index (χ1) is 14.2. The van der Waals surface area contributed by atoms with Crippen LogP contribution >= 0.6 is 0 Å². The molecule has 0 unspecified atom stereocenters. The lowest BCUT2D eigenvalue weighted by Crippen LogP contribution is -2.42. The molecule has 4 N–H and O–H groups in total. The number of carbonyl (C=O) groups excluding carboxylic acids is 2. The zero-order chi connectivity index (χ0) is 22.1. The van der Waals surface area contributed by atoms with Gasteiger partial charge < -0.3 is 20.9 Å². The van der Waals surface area contributed by atoms with Crippen LogP contribution in [0.2, 0.25) is 0 Å². The Labute approximate surface area is 176 Å². The van der Waals surface area contributed by atoms with Gasteiger partial charge in [0.25, 0.3) is 12.4 Å². The summed E-state index contributed by atoms with van der Waals surface area (Å²) in [4.78, 5) is 34.5. The van der Waals surface area contributed by atoms with Crippen LogP contribution in [0.1, 0.15) is 39.9 Å². The number of carboxylic acid groups (broad SMARTS) is 1. The minimum Gasteiger partial charge on any atom is -0.483 e. The highest BCUT2D eigenvalue weighted by atomic mass is 16.5. The fraction of sp³-hybridized carbons (Fsp3) is 0.591. The van der Waals surface area contributed by atoms with Crippen molar-refractivity contribution in [2.75, 3.05) is 26.2 Å². The van der Waals surface area contributed by atoms with E-state index < -0.39 is 0 Å². The Balaban J connectivity index is 0.000000806. The van der Waals surface area contributed by atoms with E-state index in [4.69, 9.17) is 20.4 Å². The number of hydrogen-bond acceptors (Lipinski definition) is 5. The topological polar surface area (TPSA) is 122 Å². The number of primary amides is 1. The third-order valence-electron chi connectivity index (χ3n) is 6.82. The number of nitrogens with one attached hydrogen (secondary N) is 1. The Kier molecular flexibility index (Phi) is 6.47. The zero-order valence-electron chi connectivity index (χ0n) is 17.8. The predicted molar refractivity (Wildman–Crippen MR) is 111 cm³/mol. The lowest BCUT2D eigenvalue weighted by molar-refractivity contribution is -0.123. The smallest absolute Gasteiger partial charge is 0.290 e. The van der Waals surface area contributed by atoms with Gasteiger partial charge in [-0.1, -0.05) is 6.07 Å². The molecule has 1 spiro atoms. The van der Waals surface area contributed by atoms with Gasteiger partial charge >= 0.3 is 0 Å². The van der Waals surface area contributed by atoms with Gasteiger partial charge in [0.1, 0.15) is 0 Å². The third kappa shape index (κ3) is 4.20. The molecule has 3 aliphatic rings. The highest BCUT2D eigenvalue weighted by molar-refractivity contribution is 5.96. The van der Waals surface area contributed by atoms with Crippen molar-refractivity contribution in [3.63, 3.8) is 0 Å². The van der Waals surface area contributed by atoms with Crippen molar-refractivity contribution in [1.82, 2.24) is 10.2 Å². The van der Waals surface area contributed by atoms with E-state index >= 15 is 0 Å². The molecule has 8 nitrogen and oxygen atoms in total. The average molecular weight is 418 g/mol. The molecule has 164 valence electrons. The second-order valence-electron chi connectivity index (χ2n) is 8.73.